The van der Waals surface area contributed by atoms with Gasteiger partial charge >= 0.3 is 0 Å². The molecule has 24 heavy (non-hydrogen) atoms. The Hall–Kier alpha value is -3.02. The van der Waals surface area contributed by atoms with Crippen molar-refractivity contribution in [2.75, 3.05) is 21.2 Å². The van der Waals surface area contributed by atoms with Gasteiger partial charge in [-0.1, -0.05) is 18.2 Å². The number of carbonyl (C=O) groups excluding carboxylic acids is 2. The summed E-state index contributed by atoms with van der Waals surface area (Å²) in [5, 5.41) is 2.80. The van der Waals surface area contributed by atoms with E-state index in [0.29, 0.717) is 22.6 Å². The Bertz CT molecular complexity index is 784. The molecule has 2 aromatic rings. The third kappa shape index (κ3) is 2.78. The smallest absolute Gasteiger partial charge is 0.258 e. The number of para-hydroxylation sites is 1. The largest absolute Gasteiger partial charge is 0.493 e. The maximum atomic E-state index is 12.3. The number of benzene rings is 2. The van der Waals surface area contributed by atoms with E-state index < -0.39 is 6.23 Å². The SMILES string of the molecule is COc1cccc2c1OC(c1ccc(C(=O)N(C)C)cc1)NC2=O. The van der Waals surface area contributed by atoms with Gasteiger partial charge < -0.3 is 19.7 Å². The molecule has 0 spiro atoms. The maximum Gasteiger partial charge on any atom is 0.258 e. The molecule has 0 saturated heterocycles. The van der Waals surface area contributed by atoms with Gasteiger partial charge in [-0.3, -0.25) is 9.59 Å². The Labute approximate surface area is 140 Å². The van der Waals surface area contributed by atoms with Crippen molar-refractivity contribution < 1.29 is 19.1 Å². The summed E-state index contributed by atoms with van der Waals surface area (Å²) in [5.41, 5.74) is 1.75. The van der Waals surface area contributed by atoms with E-state index in [0.717, 1.165) is 5.56 Å². The Morgan fingerprint density at radius 1 is 1.17 bits per heavy atom. The molecular weight excluding hydrogens is 308 g/mol. The number of carbonyl (C=O) groups is 2. The van der Waals surface area contributed by atoms with Crippen LogP contribution < -0.4 is 14.8 Å². The average Bonchev–Trinajstić information content (AvgIpc) is 2.60. The van der Waals surface area contributed by atoms with E-state index in [4.69, 9.17) is 9.47 Å². The number of methoxy groups -OCH3 is 1. The average molecular weight is 326 g/mol. The van der Waals surface area contributed by atoms with Crippen molar-refractivity contribution in [1.82, 2.24) is 10.2 Å². The maximum absolute atomic E-state index is 12.3. The first-order valence-electron chi connectivity index (χ1n) is 7.47. The Kier molecular flexibility index (Phi) is 4.12. The van der Waals surface area contributed by atoms with Gasteiger partial charge in [0.05, 0.1) is 12.7 Å². The molecule has 0 bridgehead atoms. The molecule has 3 rings (SSSR count). The topological polar surface area (TPSA) is 67.9 Å². The van der Waals surface area contributed by atoms with E-state index in [-0.39, 0.29) is 11.8 Å². The fourth-order valence-electron chi connectivity index (χ4n) is 2.53. The van der Waals surface area contributed by atoms with Gasteiger partial charge in [0.2, 0.25) is 0 Å². The van der Waals surface area contributed by atoms with Gasteiger partial charge in [-0.2, -0.15) is 0 Å². The van der Waals surface area contributed by atoms with Crippen LogP contribution in [-0.4, -0.2) is 37.9 Å². The summed E-state index contributed by atoms with van der Waals surface area (Å²) in [5.74, 6) is 0.615. The lowest BCUT2D eigenvalue weighted by molar-refractivity contribution is 0.0744. The molecule has 124 valence electrons. The summed E-state index contributed by atoms with van der Waals surface area (Å²) in [6.07, 6.45) is -0.634. The number of nitrogens with one attached hydrogen (secondary N) is 1. The number of hydrogen-bond donors (Lipinski definition) is 1. The lowest BCUT2D eigenvalue weighted by Crippen LogP contribution is -2.37. The number of hydrogen-bond acceptors (Lipinski definition) is 4. The van der Waals surface area contributed by atoms with Crippen LogP contribution in [0.1, 0.15) is 32.5 Å². The molecule has 0 saturated carbocycles. The van der Waals surface area contributed by atoms with Crippen LogP contribution in [-0.2, 0) is 0 Å². The van der Waals surface area contributed by atoms with Gasteiger partial charge in [0.1, 0.15) is 0 Å². The fourth-order valence-corrected chi connectivity index (χ4v) is 2.53. The van der Waals surface area contributed by atoms with Crippen LogP contribution >= 0.6 is 0 Å². The van der Waals surface area contributed by atoms with Crippen molar-refractivity contribution in [1.29, 1.82) is 0 Å². The summed E-state index contributed by atoms with van der Waals surface area (Å²) < 4.78 is 11.2. The second kappa shape index (κ2) is 6.23. The highest BCUT2D eigenvalue weighted by Gasteiger charge is 2.29. The molecule has 0 fully saturated rings. The van der Waals surface area contributed by atoms with Crippen LogP contribution in [0.5, 0.6) is 11.5 Å². The van der Waals surface area contributed by atoms with E-state index >= 15 is 0 Å². The van der Waals surface area contributed by atoms with Crippen molar-refractivity contribution >= 4 is 11.8 Å². The van der Waals surface area contributed by atoms with E-state index in [9.17, 15) is 9.59 Å². The van der Waals surface area contributed by atoms with Gasteiger partial charge in [0, 0.05) is 25.2 Å². The summed E-state index contributed by atoms with van der Waals surface area (Å²) in [6.45, 7) is 0. The lowest BCUT2D eigenvalue weighted by atomic mass is 10.1. The van der Waals surface area contributed by atoms with Gasteiger partial charge in [-0.25, -0.2) is 0 Å². The number of fused-ring (bicyclic) bond motifs is 1. The molecule has 6 nitrogen and oxygen atoms in total. The predicted molar refractivity (Wildman–Crippen MR) is 88.3 cm³/mol. The van der Waals surface area contributed by atoms with Gasteiger partial charge in [0.15, 0.2) is 17.7 Å². The number of rotatable bonds is 3. The third-order valence-electron chi connectivity index (χ3n) is 3.81. The molecule has 6 heteroatoms. The normalized spacial score (nSPS) is 15.8. The van der Waals surface area contributed by atoms with Crippen LogP contribution in [0, 0.1) is 0 Å². The van der Waals surface area contributed by atoms with Crippen LogP contribution in [0.4, 0.5) is 0 Å². The summed E-state index contributed by atoms with van der Waals surface area (Å²) in [6, 6.07) is 12.1. The molecule has 1 N–H and O–H groups in total. The van der Waals surface area contributed by atoms with E-state index in [1.165, 1.54) is 12.0 Å². The second-order valence-corrected chi connectivity index (χ2v) is 5.63. The zero-order chi connectivity index (χ0) is 17.3. The molecule has 0 aromatic heterocycles. The molecule has 1 atom stereocenters. The quantitative estimate of drug-likeness (QED) is 0.939. The van der Waals surface area contributed by atoms with Gasteiger partial charge in [-0.15, -0.1) is 0 Å². The number of ether oxygens (including phenoxy) is 2. The highest BCUT2D eigenvalue weighted by Crippen LogP contribution is 2.37. The fraction of sp³-hybridized carbons (Fsp3) is 0.222. The molecule has 1 aliphatic heterocycles. The van der Waals surface area contributed by atoms with Crippen LogP contribution in [0.15, 0.2) is 42.5 Å². The van der Waals surface area contributed by atoms with E-state index in [1.54, 1.807) is 56.6 Å². The lowest BCUT2D eigenvalue weighted by Gasteiger charge is -2.28. The molecule has 0 aliphatic carbocycles. The van der Waals surface area contributed by atoms with Crippen molar-refractivity contribution in [3.05, 3.63) is 59.2 Å². The number of nitrogens with zero attached hydrogens (tertiary/aromatic N) is 1. The zero-order valence-corrected chi connectivity index (χ0v) is 13.7. The van der Waals surface area contributed by atoms with Crippen LogP contribution in [0.25, 0.3) is 0 Å². The van der Waals surface area contributed by atoms with Crippen LogP contribution in [0.3, 0.4) is 0 Å². The first-order valence-corrected chi connectivity index (χ1v) is 7.47. The van der Waals surface area contributed by atoms with Crippen molar-refractivity contribution in [2.45, 2.75) is 6.23 Å². The Balaban J connectivity index is 1.89. The standard InChI is InChI=1S/C18H18N2O4/c1-20(2)18(22)12-9-7-11(8-10-12)17-19-16(21)13-5-4-6-14(23-3)15(13)24-17/h4-10,17H,1-3H3,(H,19,21). The summed E-state index contributed by atoms with van der Waals surface area (Å²) >= 11 is 0. The summed E-state index contributed by atoms with van der Waals surface area (Å²) in [7, 11) is 4.93. The molecule has 0 radical (unpaired) electrons. The van der Waals surface area contributed by atoms with Crippen molar-refractivity contribution in [3.8, 4) is 11.5 Å². The minimum Gasteiger partial charge on any atom is -0.493 e. The zero-order valence-electron chi connectivity index (χ0n) is 13.7. The second-order valence-electron chi connectivity index (χ2n) is 5.63. The van der Waals surface area contributed by atoms with E-state index in [1.807, 2.05) is 0 Å². The number of amides is 2. The predicted octanol–water partition coefficient (Wildman–Crippen LogP) is 2.22. The highest BCUT2D eigenvalue weighted by molar-refractivity contribution is 5.99. The highest BCUT2D eigenvalue weighted by atomic mass is 16.5. The summed E-state index contributed by atoms with van der Waals surface area (Å²) in [4.78, 5) is 25.7. The third-order valence-corrected chi connectivity index (χ3v) is 3.81. The first-order chi connectivity index (χ1) is 11.5. The molecule has 1 heterocycles. The molecule has 1 unspecified atom stereocenters. The van der Waals surface area contributed by atoms with Crippen molar-refractivity contribution in [3.63, 3.8) is 0 Å². The minimum absolute atomic E-state index is 0.0813. The van der Waals surface area contributed by atoms with E-state index in [2.05, 4.69) is 5.32 Å². The molecule has 1 aliphatic rings. The Morgan fingerprint density at radius 3 is 2.50 bits per heavy atom. The van der Waals surface area contributed by atoms with Gasteiger partial charge in [-0.05, 0) is 24.3 Å². The van der Waals surface area contributed by atoms with Gasteiger partial charge in [0.25, 0.3) is 11.8 Å². The molecule has 2 aromatic carbocycles. The molecule has 2 amide bonds. The monoisotopic (exact) mass is 326 g/mol. The first kappa shape index (κ1) is 15.9. The van der Waals surface area contributed by atoms with Crippen LogP contribution in [0.2, 0.25) is 0 Å². The minimum atomic E-state index is -0.634. The van der Waals surface area contributed by atoms with Crippen molar-refractivity contribution in [2.24, 2.45) is 0 Å². The molecular formula is C18H18N2O4. The Morgan fingerprint density at radius 2 is 1.88 bits per heavy atom.